The largest absolute Gasteiger partial charge is 0.497 e. The van der Waals surface area contributed by atoms with E-state index in [0.717, 1.165) is 5.56 Å². The minimum atomic E-state index is -0.536. The third-order valence-electron chi connectivity index (χ3n) is 4.22. The summed E-state index contributed by atoms with van der Waals surface area (Å²) in [5.41, 5.74) is 4.21. The van der Waals surface area contributed by atoms with Gasteiger partial charge in [-0.1, -0.05) is 12.1 Å². The van der Waals surface area contributed by atoms with E-state index in [-0.39, 0.29) is 11.3 Å². The Kier molecular flexibility index (Phi) is 6.69. The van der Waals surface area contributed by atoms with Crippen LogP contribution in [0, 0.1) is 10.1 Å². The molecule has 31 heavy (non-hydrogen) atoms. The first-order chi connectivity index (χ1) is 15.0. The molecule has 3 rings (SSSR count). The average Bonchev–Trinajstić information content (AvgIpc) is 2.79. The van der Waals surface area contributed by atoms with Crippen molar-refractivity contribution in [2.45, 2.75) is 0 Å². The highest BCUT2D eigenvalue weighted by molar-refractivity contribution is 6.04. The van der Waals surface area contributed by atoms with Gasteiger partial charge in [-0.25, -0.2) is 5.43 Å². The number of hydrazone groups is 1. The third-order valence-corrected chi connectivity index (χ3v) is 4.22. The molecule has 2 amide bonds. The summed E-state index contributed by atoms with van der Waals surface area (Å²) >= 11 is 0. The lowest BCUT2D eigenvalue weighted by Gasteiger charge is -2.06. The van der Waals surface area contributed by atoms with E-state index in [1.165, 1.54) is 30.5 Å². The summed E-state index contributed by atoms with van der Waals surface area (Å²) in [6.45, 7) is 0. The van der Waals surface area contributed by atoms with Crippen LogP contribution in [0.5, 0.6) is 5.75 Å². The molecule has 0 aliphatic carbocycles. The molecule has 0 atom stereocenters. The van der Waals surface area contributed by atoms with Crippen LogP contribution in [0.4, 0.5) is 11.4 Å². The molecule has 0 radical (unpaired) electrons. The number of nitro benzene ring substituents is 1. The summed E-state index contributed by atoms with van der Waals surface area (Å²) in [4.78, 5) is 34.6. The highest BCUT2D eigenvalue weighted by Crippen LogP contribution is 2.15. The molecule has 9 heteroatoms. The predicted molar refractivity (Wildman–Crippen MR) is 116 cm³/mol. The number of nitrogens with one attached hydrogen (secondary N) is 2. The number of methoxy groups -OCH3 is 1. The summed E-state index contributed by atoms with van der Waals surface area (Å²) in [5, 5.41) is 17.3. The maximum Gasteiger partial charge on any atom is 0.271 e. The van der Waals surface area contributed by atoms with E-state index < -0.39 is 16.7 Å². The van der Waals surface area contributed by atoms with Crippen LogP contribution in [-0.4, -0.2) is 30.1 Å². The van der Waals surface area contributed by atoms with E-state index >= 15 is 0 Å². The first kappa shape index (κ1) is 21.2. The Balaban J connectivity index is 1.57. The van der Waals surface area contributed by atoms with Crippen molar-refractivity contribution in [2.24, 2.45) is 5.10 Å². The van der Waals surface area contributed by atoms with Gasteiger partial charge in [-0.05, 0) is 54.1 Å². The maximum atomic E-state index is 12.2. The lowest BCUT2D eigenvalue weighted by Crippen LogP contribution is -2.17. The van der Waals surface area contributed by atoms with Crippen LogP contribution >= 0.6 is 0 Å². The van der Waals surface area contributed by atoms with Crippen LogP contribution in [0.3, 0.4) is 0 Å². The molecule has 156 valence electrons. The highest BCUT2D eigenvalue weighted by Gasteiger charge is 2.10. The van der Waals surface area contributed by atoms with Crippen LogP contribution in [-0.2, 0) is 0 Å². The Morgan fingerprint density at radius 3 is 2.26 bits per heavy atom. The van der Waals surface area contributed by atoms with Gasteiger partial charge in [-0.3, -0.25) is 19.7 Å². The minimum absolute atomic E-state index is 0.0963. The monoisotopic (exact) mass is 418 g/mol. The first-order valence-corrected chi connectivity index (χ1v) is 9.09. The second kappa shape index (κ2) is 9.79. The van der Waals surface area contributed by atoms with Crippen molar-refractivity contribution in [1.82, 2.24) is 5.43 Å². The number of hydrogen-bond acceptors (Lipinski definition) is 6. The fourth-order valence-corrected chi connectivity index (χ4v) is 2.59. The van der Waals surface area contributed by atoms with E-state index in [1.807, 2.05) is 12.1 Å². The van der Waals surface area contributed by atoms with E-state index in [2.05, 4.69) is 15.8 Å². The molecule has 3 aromatic carbocycles. The number of anilines is 1. The number of carbonyl (C=O) groups is 2. The van der Waals surface area contributed by atoms with Crippen molar-refractivity contribution in [3.8, 4) is 5.75 Å². The van der Waals surface area contributed by atoms with Crippen LogP contribution < -0.4 is 15.5 Å². The molecule has 0 heterocycles. The second-order valence-corrected chi connectivity index (χ2v) is 6.31. The third kappa shape index (κ3) is 5.73. The van der Waals surface area contributed by atoms with E-state index in [1.54, 1.807) is 43.5 Å². The molecule has 9 nitrogen and oxygen atoms in total. The molecule has 0 saturated heterocycles. The number of hydrogen-bond donors (Lipinski definition) is 2. The van der Waals surface area contributed by atoms with E-state index in [9.17, 15) is 19.7 Å². The van der Waals surface area contributed by atoms with Gasteiger partial charge in [0.05, 0.1) is 18.2 Å². The van der Waals surface area contributed by atoms with Gasteiger partial charge in [0.1, 0.15) is 5.75 Å². The van der Waals surface area contributed by atoms with Crippen molar-refractivity contribution in [3.05, 3.63) is 99.6 Å². The van der Waals surface area contributed by atoms with Crippen molar-refractivity contribution >= 4 is 29.4 Å². The standard InChI is InChI=1S/C22H18N4O5/c1-31-20-4-2-3-15(13-20)14-23-25-22(28)17-5-9-18(10-6-17)24-21(27)16-7-11-19(12-8-16)26(29)30/h2-14H,1H3,(H,24,27)(H,25,28)/b23-14-. The van der Waals surface area contributed by atoms with E-state index in [0.29, 0.717) is 17.0 Å². The molecular weight excluding hydrogens is 400 g/mol. The molecule has 0 aliphatic heterocycles. The lowest BCUT2D eigenvalue weighted by atomic mass is 10.1. The quantitative estimate of drug-likeness (QED) is 0.345. The molecule has 0 saturated carbocycles. The van der Waals surface area contributed by atoms with Gasteiger partial charge >= 0.3 is 0 Å². The van der Waals surface area contributed by atoms with Crippen molar-refractivity contribution in [1.29, 1.82) is 0 Å². The molecule has 0 unspecified atom stereocenters. The summed E-state index contributed by atoms with van der Waals surface area (Å²) in [7, 11) is 1.57. The summed E-state index contributed by atoms with van der Waals surface area (Å²) in [6.07, 6.45) is 1.50. The Morgan fingerprint density at radius 1 is 0.968 bits per heavy atom. The first-order valence-electron chi connectivity index (χ1n) is 9.09. The fourth-order valence-electron chi connectivity index (χ4n) is 2.59. The Bertz CT molecular complexity index is 1130. The molecule has 0 aliphatic rings. The van der Waals surface area contributed by atoms with Gasteiger partial charge < -0.3 is 10.1 Å². The molecule has 3 aromatic rings. The van der Waals surface area contributed by atoms with Gasteiger partial charge in [0, 0.05) is 28.9 Å². The van der Waals surface area contributed by atoms with Gasteiger partial charge in [0.25, 0.3) is 17.5 Å². The van der Waals surface area contributed by atoms with Gasteiger partial charge in [0.2, 0.25) is 0 Å². The SMILES string of the molecule is COc1cccc(/C=N\NC(=O)c2ccc(NC(=O)c3ccc([N+](=O)[O-])cc3)cc2)c1. The van der Waals surface area contributed by atoms with Crippen LogP contribution in [0.25, 0.3) is 0 Å². The topological polar surface area (TPSA) is 123 Å². The van der Waals surface area contributed by atoms with Crippen LogP contribution in [0.1, 0.15) is 26.3 Å². The van der Waals surface area contributed by atoms with E-state index in [4.69, 9.17) is 4.74 Å². The number of ether oxygens (including phenoxy) is 1. The zero-order valence-corrected chi connectivity index (χ0v) is 16.4. The van der Waals surface area contributed by atoms with Crippen molar-refractivity contribution in [3.63, 3.8) is 0 Å². The Labute approximate surface area is 177 Å². The summed E-state index contributed by atoms with van der Waals surface area (Å²) in [5.74, 6) is -0.149. The smallest absolute Gasteiger partial charge is 0.271 e. The number of rotatable bonds is 7. The Morgan fingerprint density at radius 2 is 1.61 bits per heavy atom. The average molecular weight is 418 g/mol. The molecule has 0 bridgehead atoms. The molecule has 2 N–H and O–H groups in total. The highest BCUT2D eigenvalue weighted by atomic mass is 16.6. The maximum absolute atomic E-state index is 12.2. The van der Waals surface area contributed by atoms with Gasteiger partial charge in [-0.2, -0.15) is 5.10 Å². The number of amides is 2. The molecule has 0 fully saturated rings. The minimum Gasteiger partial charge on any atom is -0.497 e. The predicted octanol–water partition coefficient (Wildman–Crippen LogP) is 3.62. The number of carbonyl (C=O) groups excluding carboxylic acids is 2. The van der Waals surface area contributed by atoms with Gasteiger partial charge in [-0.15, -0.1) is 0 Å². The normalized spacial score (nSPS) is 10.5. The van der Waals surface area contributed by atoms with Crippen LogP contribution in [0.15, 0.2) is 77.9 Å². The lowest BCUT2D eigenvalue weighted by molar-refractivity contribution is -0.384. The number of nitro groups is 1. The van der Waals surface area contributed by atoms with Gasteiger partial charge in [0.15, 0.2) is 0 Å². The van der Waals surface area contributed by atoms with Crippen LogP contribution in [0.2, 0.25) is 0 Å². The number of non-ortho nitro benzene ring substituents is 1. The zero-order chi connectivity index (χ0) is 22.2. The number of benzene rings is 3. The molecule has 0 aromatic heterocycles. The molecular formula is C22H18N4O5. The summed E-state index contributed by atoms with van der Waals surface area (Å²) < 4.78 is 5.13. The van der Waals surface area contributed by atoms with Crippen molar-refractivity contribution < 1.29 is 19.2 Å². The molecule has 0 spiro atoms. The van der Waals surface area contributed by atoms with Crippen molar-refractivity contribution in [2.75, 3.05) is 12.4 Å². The summed E-state index contributed by atoms with van der Waals surface area (Å²) in [6, 6.07) is 18.7. The number of nitrogens with zero attached hydrogens (tertiary/aromatic N) is 2. The fraction of sp³-hybridized carbons (Fsp3) is 0.0455. The Hall–Kier alpha value is -4.53. The second-order valence-electron chi connectivity index (χ2n) is 6.31. The zero-order valence-electron chi connectivity index (χ0n) is 16.4.